The number of halogens is 2. The molecule has 0 unspecified atom stereocenters. The number of benzene rings is 2. The van der Waals surface area contributed by atoms with E-state index in [0.29, 0.717) is 47.2 Å². The number of anilines is 2. The summed E-state index contributed by atoms with van der Waals surface area (Å²) in [5.74, 6) is 2.03. The lowest BCUT2D eigenvalue weighted by Gasteiger charge is -2.30. The zero-order valence-corrected chi connectivity index (χ0v) is 27.7. The Morgan fingerprint density at radius 3 is 1.65 bits per heavy atom. The van der Waals surface area contributed by atoms with Gasteiger partial charge in [-0.2, -0.15) is 11.8 Å². The van der Waals surface area contributed by atoms with Crippen LogP contribution in [0.2, 0.25) is 0 Å². The Morgan fingerprint density at radius 1 is 0.706 bits per heavy atom. The third kappa shape index (κ3) is 5.55. The molecule has 0 bridgehead atoms. The largest absolute Gasteiger partial charge is 0.442 e. The van der Waals surface area contributed by atoms with Gasteiger partial charge < -0.3 is 10.6 Å². The van der Waals surface area contributed by atoms with E-state index < -0.39 is 28.4 Å². The van der Waals surface area contributed by atoms with Crippen molar-refractivity contribution in [2.24, 2.45) is 0 Å². The molecule has 2 fully saturated rings. The van der Waals surface area contributed by atoms with Crippen molar-refractivity contribution in [2.75, 3.05) is 33.6 Å². The van der Waals surface area contributed by atoms with E-state index in [1.807, 2.05) is 11.8 Å². The van der Waals surface area contributed by atoms with Crippen molar-refractivity contribution in [3.05, 3.63) is 91.4 Å². The molecular formula is C30H24F2N10O7S2. The SMILES string of the molecule is O=c1onc(-c2nonc2NC2CS(=O)C2)n1[C@H]1Cc2ccc(F)cc21.O=c1onc(-c2nonc2NC2CSC2)n1[C@H]1Cc2ccc(F)cc21. The molecule has 2 saturated heterocycles. The van der Waals surface area contributed by atoms with Crippen LogP contribution in [0, 0.1) is 11.6 Å². The number of hydrogen-bond acceptors (Lipinski definition) is 16. The quantitative estimate of drug-likeness (QED) is 0.229. The van der Waals surface area contributed by atoms with E-state index in [9.17, 15) is 22.6 Å². The van der Waals surface area contributed by atoms with Crippen LogP contribution >= 0.6 is 11.8 Å². The molecule has 0 amide bonds. The molecule has 51 heavy (non-hydrogen) atoms. The molecule has 6 heterocycles. The molecule has 2 atom stereocenters. The maximum Gasteiger partial charge on any atom is 0.442 e. The molecule has 10 rings (SSSR count). The van der Waals surface area contributed by atoms with Gasteiger partial charge in [0.2, 0.25) is 23.3 Å². The molecule has 4 aliphatic rings. The first-order valence-electron chi connectivity index (χ1n) is 15.7. The van der Waals surface area contributed by atoms with Gasteiger partial charge in [-0.25, -0.2) is 36.8 Å². The highest BCUT2D eigenvalue weighted by Gasteiger charge is 2.37. The highest BCUT2D eigenvalue weighted by molar-refractivity contribution is 8.00. The molecule has 0 saturated carbocycles. The Bertz CT molecular complexity index is 2420. The third-order valence-electron chi connectivity index (χ3n) is 9.15. The Labute approximate surface area is 290 Å². The van der Waals surface area contributed by atoms with Crippen molar-refractivity contribution in [1.82, 2.24) is 40.1 Å². The second kappa shape index (κ2) is 12.4. The number of hydrogen-bond donors (Lipinski definition) is 2. The van der Waals surface area contributed by atoms with Gasteiger partial charge in [0, 0.05) is 39.9 Å². The average molecular weight is 739 g/mol. The van der Waals surface area contributed by atoms with E-state index in [1.165, 1.54) is 33.4 Å². The number of nitrogens with one attached hydrogen (secondary N) is 2. The van der Waals surface area contributed by atoms with Crippen LogP contribution in [0.3, 0.4) is 0 Å². The van der Waals surface area contributed by atoms with Crippen molar-refractivity contribution in [3.63, 3.8) is 0 Å². The van der Waals surface area contributed by atoms with Crippen LogP contribution < -0.4 is 22.1 Å². The summed E-state index contributed by atoms with van der Waals surface area (Å²) in [6.45, 7) is 0. The number of fused-ring (bicyclic) bond motifs is 2. The first-order valence-corrected chi connectivity index (χ1v) is 18.3. The zero-order chi connectivity index (χ0) is 34.8. The van der Waals surface area contributed by atoms with E-state index in [-0.39, 0.29) is 47.1 Å². The van der Waals surface area contributed by atoms with Gasteiger partial charge in [-0.05, 0) is 80.0 Å². The molecule has 21 heteroatoms. The van der Waals surface area contributed by atoms with Crippen LogP contribution in [-0.2, 0) is 23.6 Å². The summed E-state index contributed by atoms with van der Waals surface area (Å²) in [5.41, 5.74) is 3.94. The molecule has 2 aromatic carbocycles. The summed E-state index contributed by atoms with van der Waals surface area (Å²) in [6.07, 6.45) is 1.15. The molecule has 0 radical (unpaired) electrons. The summed E-state index contributed by atoms with van der Waals surface area (Å²) >= 11 is 1.82. The van der Waals surface area contributed by atoms with Crippen LogP contribution in [-0.4, -0.2) is 79.4 Å². The summed E-state index contributed by atoms with van der Waals surface area (Å²) in [7, 11) is -0.828. The fourth-order valence-corrected chi connectivity index (χ4v) is 7.99. The molecule has 2 aliphatic heterocycles. The number of nitrogens with zero attached hydrogens (tertiary/aromatic N) is 8. The Kier molecular flexibility index (Phi) is 7.67. The fraction of sp³-hybridized carbons (Fsp3) is 0.333. The standard InChI is InChI=1S/C15H12FN5O4S.C15H12FN5O3S/c16-8-2-1-7-3-11(10(7)4-8)21-14(20-24-15(21)22)12-13(19-25-18-12)17-9-5-26(23)6-9;16-8-2-1-7-3-11(10(7)4-8)21-14(20-23-15(21)22)12-13(19-24-18-12)17-9-5-25-6-9/h1-2,4,9,11H,3,5-6H2,(H,17,19);1-2,4,9,11H,3,5-6H2,(H,17,19)/t9?,11-,26?;11-/m00/s1. The first-order chi connectivity index (χ1) is 24.8. The van der Waals surface area contributed by atoms with Crippen molar-refractivity contribution in [3.8, 4) is 23.0 Å². The number of aromatic nitrogens is 8. The van der Waals surface area contributed by atoms with Gasteiger partial charge >= 0.3 is 11.5 Å². The summed E-state index contributed by atoms with van der Waals surface area (Å²) in [6, 6.07) is 8.57. The van der Waals surface area contributed by atoms with Crippen LogP contribution in [0.5, 0.6) is 0 Å². The minimum absolute atomic E-state index is 0.00733. The van der Waals surface area contributed by atoms with E-state index in [0.717, 1.165) is 28.2 Å². The highest BCUT2D eigenvalue weighted by atomic mass is 32.2. The van der Waals surface area contributed by atoms with Crippen molar-refractivity contribution in [1.29, 1.82) is 0 Å². The number of rotatable bonds is 8. The van der Waals surface area contributed by atoms with Crippen LogP contribution in [0.4, 0.5) is 20.4 Å². The smallest absolute Gasteiger partial charge is 0.361 e. The van der Waals surface area contributed by atoms with Gasteiger partial charge in [-0.15, -0.1) is 0 Å². The lowest BCUT2D eigenvalue weighted by molar-refractivity contribution is 0.309. The topological polar surface area (TPSA) is 215 Å². The Balaban J connectivity index is 0.000000137. The highest BCUT2D eigenvalue weighted by Crippen LogP contribution is 2.40. The summed E-state index contributed by atoms with van der Waals surface area (Å²) in [4.78, 5) is 24.4. The lowest BCUT2D eigenvalue weighted by atomic mass is 9.83. The van der Waals surface area contributed by atoms with E-state index in [4.69, 9.17) is 18.3 Å². The van der Waals surface area contributed by atoms with Crippen molar-refractivity contribution < 1.29 is 31.3 Å². The predicted molar refractivity (Wildman–Crippen MR) is 175 cm³/mol. The average Bonchev–Trinajstić information content (AvgIpc) is 3.87. The molecule has 2 N–H and O–H groups in total. The van der Waals surface area contributed by atoms with Gasteiger partial charge in [-0.1, -0.05) is 22.4 Å². The molecule has 6 aromatic rings. The van der Waals surface area contributed by atoms with E-state index >= 15 is 0 Å². The van der Waals surface area contributed by atoms with Crippen molar-refractivity contribution in [2.45, 2.75) is 37.0 Å². The van der Waals surface area contributed by atoms with Gasteiger partial charge in [0.15, 0.2) is 11.4 Å². The molecular weight excluding hydrogens is 715 g/mol. The van der Waals surface area contributed by atoms with E-state index in [2.05, 4.69) is 41.6 Å². The molecule has 4 aromatic heterocycles. The lowest BCUT2D eigenvalue weighted by Crippen LogP contribution is -2.42. The molecule has 17 nitrogen and oxygen atoms in total. The monoisotopic (exact) mass is 738 g/mol. The van der Waals surface area contributed by atoms with Crippen LogP contribution in [0.15, 0.2) is 64.3 Å². The van der Waals surface area contributed by atoms with Crippen LogP contribution in [0.1, 0.15) is 34.3 Å². The van der Waals surface area contributed by atoms with Crippen LogP contribution in [0.25, 0.3) is 23.0 Å². The second-order valence-electron chi connectivity index (χ2n) is 12.3. The van der Waals surface area contributed by atoms with Crippen molar-refractivity contribution >= 4 is 34.2 Å². The summed E-state index contributed by atoms with van der Waals surface area (Å²) in [5, 5.41) is 29.3. The molecule has 0 spiro atoms. The zero-order valence-electron chi connectivity index (χ0n) is 26.0. The fourth-order valence-electron chi connectivity index (χ4n) is 6.39. The Morgan fingerprint density at radius 2 is 1.20 bits per heavy atom. The normalized spacial score (nSPS) is 21.5. The number of thioether (sulfide) groups is 1. The van der Waals surface area contributed by atoms with Gasteiger partial charge in [0.1, 0.15) is 11.6 Å². The van der Waals surface area contributed by atoms with Gasteiger partial charge in [-0.3, -0.25) is 13.3 Å². The van der Waals surface area contributed by atoms with Gasteiger partial charge in [0.25, 0.3) is 0 Å². The predicted octanol–water partition coefficient (Wildman–Crippen LogP) is 2.41. The second-order valence-corrected chi connectivity index (χ2v) is 14.9. The van der Waals surface area contributed by atoms with Gasteiger partial charge in [0.05, 0.1) is 18.1 Å². The third-order valence-corrected chi connectivity index (χ3v) is 12.0. The minimum Gasteiger partial charge on any atom is -0.361 e. The first kappa shape index (κ1) is 31.5. The van der Waals surface area contributed by atoms with E-state index in [1.54, 1.807) is 12.1 Å². The Hall–Kier alpha value is -5.44. The molecule has 262 valence electrons. The maximum absolute atomic E-state index is 13.6. The minimum atomic E-state index is -0.828. The maximum atomic E-state index is 13.6. The molecule has 2 aliphatic carbocycles. The summed E-state index contributed by atoms with van der Waals surface area (Å²) < 4.78 is 60.3.